The Morgan fingerprint density at radius 2 is 2.20 bits per heavy atom. The lowest BCUT2D eigenvalue weighted by atomic mass is 10.3. The Bertz CT molecular complexity index is 507. The van der Waals surface area contributed by atoms with Crippen LogP contribution in [0, 0.1) is 12.7 Å². The lowest BCUT2D eigenvalue weighted by molar-refractivity contribution is 0.627. The number of nitrogen functional groups attached to an aromatic ring is 1. The van der Waals surface area contributed by atoms with Crippen LogP contribution in [0.15, 0.2) is 24.4 Å². The molecule has 0 saturated heterocycles. The fourth-order valence-electron chi connectivity index (χ4n) is 1.30. The van der Waals surface area contributed by atoms with E-state index in [1.807, 2.05) is 6.92 Å². The molecule has 1 aromatic carbocycles. The van der Waals surface area contributed by atoms with Crippen LogP contribution in [-0.4, -0.2) is 9.78 Å². The van der Waals surface area contributed by atoms with Crippen LogP contribution in [-0.2, 0) is 0 Å². The summed E-state index contributed by atoms with van der Waals surface area (Å²) in [4.78, 5) is 0. The van der Waals surface area contributed by atoms with Gasteiger partial charge in [0.25, 0.3) is 0 Å². The maximum Gasteiger partial charge on any atom is 0.141 e. The quantitative estimate of drug-likeness (QED) is 0.811. The highest BCUT2D eigenvalue weighted by molar-refractivity contribution is 6.30. The largest absolute Gasteiger partial charge is 0.396 e. The van der Waals surface area contributed by atoms with E-state index in [1.165, 1.54) is 12.1 Å². The van der Waals surface area contributed by atoms with Gasteiger partial charge >= 0.3 is 0 Å². The third kappa shape index (κ3) is 1.68. The van der Waals surface area contributed by atoms with E-state index < -0.39 is 5.82 Å². The van der Waals surface area contributed by atoms with Crippen LogP contribution in [0.3, 0.4) is 0 Å². The van der Waals surface area contributed by atoms with E-state index in [-0.39, 0.29) is 5.02 Å². The van der Waals surface area contributed by atoms with Gasteiger partial charge < -0.3 is 5.73 Å². The van der Waals surface area contributed by atoms with Crippen molar-refractivity contribution in [1.29, 1.82) is 0 Å². The molecule has 0 fully saturated rings. The van der Waals surface area contributed by atoms with E-state index in [1.54, 1.807) is 16.9 Å². The van der Waals surface area contributed by atoms with Crippen LogP contribution in [0.25, 0.3) is 5.69 Å². The number of rotatable bonds is 1. The molecule has 2 aromatic rings. The zero-order valence-corrected chi connectivity index (χ0v) is 8.79. The first-order valence-corrected chi connectivity index (χ1v) is 4.73. The molecular weight excluding hydrogens is 217 g/mol. The zero-order chi connectivity index (χ0) is 11.0. The third-order valence-electron chi connectivity index (χ3n) is 2.20. The van der Waals surface area contributed by atoms with Crippen molar-refractivity contribution in [2.45, 2.75) is 6.92 Å². The number of hydrogen-bond acceptors (Lipinski definition) is 2. The van der Waals surface area contributed by atoms with Crippen molar-refractivity contribution in [2.75, 3.05) is 5.73 Å². The minimum absolute atomic E-state index is 0.0703. The molecule has 0 aliphatic rings. The van der Waals surface area contributed by atoms with E-state index >= 15 is 0 Å². The van der Waals surface area contributed by atoms with Gasteiger partial charge in [-0.1, -0.05) is 11.6 Å². The molecule has 5 heteroatoms. The van der Waals surface area contributed by atoms with Gasteiger partial charge in [0.2, 0.25) is 0 Å². The second kappa shape index (κ2) is 3.55. The number of anilines is 1. The summed E-state index contributed by atoms with van der Waals surface area (Å²) < 4.78 is 14.5. The SMILES string of the molecule is Cc1c(N)cnn1-c1ccc(F)c(Cl)c1. The van der Waals surface area contributed by atoms with E-state index in [9.17, 15) is 4.39 Å². The van der Waals surface area contributed by atoms with Crippen LogP contribution in [0.1, 0.15) is 5.69 Å². The number of hydrogen-bond donors (Lipinski definition) is 1. The molecule has 0 aliphatic carbocycles. The van der Waals surface area contributed by atoms with Gasteiger partial charge in [-0.3, -0.25) is 0 Å². The predicted molar refractivity (Wildman–Crippen MR) is 57.7 cm³/mol. The van der Waals surface area contributed by atoms with Crippen molar-refractivity contribution >= 4 is 17.3 Å². The first-order chi connectivity index (χ1) is 7.09. The molecule has 0 amide bonds. The molecule has 1 aromatic heterocycles. The average Bonchev–Trinajstić information content (AvgIpc) is 2.53. The van der Waals surface area contributed by atoms with Gasteiger partial charge in [0.15, 0.2) is 0 Å². The van der Waals surface area contributed by atoms with E-state index in [0.717, 1.165) is 5.69 Å². The summed E-state index contributed by atoms with van der Waals surface area (Å²) in [6.45, 7) is 1.83. The topological polar surface area (TPSA) is 43.8 Å². The molecule has 1 heterocycles. The predicted octanol–water partition coefficient (Wildman–Crippen LogP) is 2.56. The Morgan fingerprint density at radius 1 is 1.47 bits per heavy atom. The van der Waals surface area contributed by atoms with Gasteiger partial charge in [-0.05, 0) is 25.1 Å². The highest BCUT2D eigenvalue weighted by atomic mass is 35.5. The highest BCUT2D eigenvalue weighted by Crippen LogP contribution is 2.21. The molecule has 0 bridgehead atoms. The fourth-order valence-corrected chi connectivity index (χ4v) is 1.47. The number of aromatic nitrogens is 2. The average molecular weight is 226 g/mol. The summed E-state index contributed by atoms with van der Waals surface area (Å²) in [5.41, 5.74) is 7.74. The summed E-state index contributed by atoms with van der Waals surface area (Å²) >= 11 is 5.68. The van der Waals surface area contributed by atoms with Crippen molar-refractivity contribution in [3.05, 3.63) is 40.9 Å². The molecular formula is C10H9ClFN3. The molecule has 0 saturated carbocycles. The van der Waals surface area contributed by atoms with Crippen molar-refractivity contribution in [3.63, 3.8) is 0 Å². The number of nitrogens with zero attached hydrogens (tertiary/aromatic N) is 2. The van der Waals surface area contributed by atoms with E-state index in [2.05, 4.69) is 5.10 Å². The molecule has 78 valence electrons. The van der Waals surface area contributed by atoms with Crippen molar-refractivity contribution < 1.29 is 4.39 Å². The van der Waals surface area contributed by atoms with Crippen molar-refractivity contribution in [1.82, 2.24) is 9.78 Å². The summed E-state index contributed by atoms with van der Waals surface area (Å²) in [7, 11) is 0. The number of nitrogens with two attached hydrogens (primary N) is 1. The zero-order valence-electron chi connectivity index (χ0n) is 8.04. The summed E-state index contributed by atoms with van der Waals surface area (Å²) in [6.07, 6.45) is 1.55. The maximum atomic E-state index is 12.9. The van der Waals surface area contributed by atoms with Crippen LogP contribution < -0.4 is 5.73 Å². The minimum Gasteiger partial charge on any atom is -0.396 e. The number of benzene rings is 1. The van der Waals surface area contributed by atoms with Crippen LogP contribution in [0.5, 0.6) is 0 Å². The molecule has 15 heavy (non-hydrogen) atoms. The summed E-state index contributed by atoms with van der Waals surface area (Å²) in [5.74, 6) is -0.446. The molecule has 0 aliphatic heterocycles. The van der Waals surface area contributed by atoms with Crippen molar-refractivity contribution in [3.8, 4) is 5.69 Å². The third-order valence-corrected chi connectivity index (χ3v) is 2.49. The standard InChI is InChI=1S/C10H9ClFN3/c1-6-10(13)5-14-15(6)7-2-3-9(12)8(11)4-7/h2-5H,13H2,1H3. The molecule has 3 nitrogen and oxygen atoms in total. The molecule has 0 unspecified atom stereocenters. The van der Waals surface area contributed by atoms with Gasteiger partial charge in [-0.25, -0.2) is 9.07 Å². The first-order valence-electron chi connectivity index (χ1n) is 4.35. The first kappa shape index (κ1) is 9.98. The second-order valence-corrected chi connectivity index (χ2v) is 3.60. The fraction of sp³-hybridized carbons (Fsp3) is 0.100. The van der Waals surface area contributed by atoms with Gasteiger partial charge in [-0.2, -0.15) is 5.10 Å². The van der Waals surface area contributed by atoms with Crippen molar-refractivity contribution in [2.24, 2.45) is 0 Å². The lowest BCUT2D eigenvalue weighted by Gasteiger charge is -2.05. The van der Waals surface area contributed by atoms with Gasteiger partial charge in [0, 0.05) is 0 Å². The molecule has 0 atom stereocenters. The molecule has 0 spiro atoms. The molecule has 2 N–H and O–H groups in total. The van der Waals surface area contributed by atoms with Crippen LogP contribution >= 0.6 is 11.6 Å². The van der Waals surface area contributed by atoms with E-state index in [4.69, 9.17) is 17.3 Å². The maximum absolute atomic E-state index is 12.9. The van der Waals surface area contributed by atoms with Gasteiger partial charge in [0.1, 0.15) is 5.82 Å². The minimum atomic E-state index is -0.446. The molecule has 2 rings (SSSR count). The monoisotopic (exact) mass is 225 g/mol. The summed E-state index contributed by atoms with van der Waals surface area (Å²) in [5, 5.41) is 4.14. The Labute approximate surface area is 91.3 Å². The van der Waals surface area contributed by atoms with Crippen LogP contribution in [0.2, 0.25) is 5.02 Å². The van der Waals surface area contributed by atoms with E-state index in [0.29, 0.717) is 11.4 Å². The smallest absolute Gasteiger partial charge is 0.141 e. The Balaban J connectivity index is 2.55. The lowest BCUT2D eigenvalue weighted by Crippen LogP contribution is -1.99. The highest BCUT2D eigenvalue weighted by Gasteiger charge is 2.07. The molecule has 0 radical (unpaired) electrons. The van der Waals surface area contributed by atoms with Gasteiger partial charge in [-0.15, -0.1) is 0 Å². The van der Waals surface area contributed by atoms with Gasteiger partial charge in [0.05, 0.1) is 28.3 Å². The Morgan fingerprint density at radius 3 is 2.73 bits per heavy atom. The van der Waals surface area contributed by atoms with Crippen LogP contribution in [0.4, 0.5) is 10.1 Å². The summed E-state index contributed by atoms with van der Waals surface area (Å²) in [6, 6.07) is 4.41. The normalized spacial score (nSPS) is 10.6. The second-order valence-electron chi connectivity index (χ2n) is 3.20. The Hall–Kier alpha value is -1.55. The Kier molecular flexibility index (Phi) is 2.36. The number of halogens is 2.